The molecule has 0 aliphatic rings. The average Bonchev–Trinajstić information content (AvgIpc) is 2.22. The standard InChI is InChI=1S/C11H8Br2N2O/c12-7-1-2-11(10(13)3-7)16-9-4-8(14)5-15-6-9/h1-6H,14H2. The van der Waals surface area contributed by atoms with Crippen molar-refractivity contribution in [1.82, 2.24) is 4.98 Å². The Morgan fingerprint density at radius 3 is 2.62 bits per heavy atom. The van der Waals surface area contributed by atoms with Gasteiger partial charge in [-0.1, -0.05) is 15.9 Å². The average molecular weight is 344 g/mol. The Kier molecular flexibility index (Phi) is 3.46. The summed E-state index contributed by atoms with van der Waals surface area (Å²) in [6.45, 7) is 0. The van der Waals surface area contributed by atoms with Gasteiger partial charge < -0.3 is 10.5 Å². The molecule has 0 radical (unpaired) electrons. The first kappa shape index (κ1) is 11.4. The predicted molar refractivity (Wildman–Crippen MR) is 70.6 cm³/mol. The summed E-state index contributed by atoms with van der Waals surface area (Å²) in [6.07, 6.45) is 3.19. The van der Waals surface area contributed by atoms with Gasteiger partial charge in [-0.25, -0.2) is 0 Å². The van der Waals surface area contributed by atoms with Crippen LogP contribution in [0.3, 0.4) is 0 Å². The van der Waals surface area contributed by atoms with Crippen LogP contribution in [0.5, 0.6) is 11.5 Å². The molecule has 1 aromatic carbocycles. The Balaban J connectivity index is 2.27. The minimum absolute atomic E-state index is 0.575. The van der Waals surface area contributed by atoms with Gasteiger partial charge in [-0.15, -0.1) is 0 Å². The van der Waals surface area contributed by atoms with E-state index in [1.165, 1.54) is 0 Å². The molecular weight excluding hydrogens is 336 g/mol. The van der Waals surface area contributed by atoms with Crippen LogP contribution in [0.1, 0.15) is 0 Å². The van der Waals surface area contributed by atoms with Crippen LogP contribution < -0.4 is 10.5 Å². The maximum atomic E-state index is 5.63. The second-order valence-corrected chi connectivity index (χ2v) is 4.90. The van der Waals surface area contributed by atoms with Crippen LogP contribution in [0.4, 0.5) is 5.69 Å². The number of pyridine rings is 1. The van der Waals surface area contributed by atoms with Crippen molar-refractivity contribution >= 4 is 37.5 Å². The fraction of sp³-hybridized carbons (Fsp3) is 0. The Morgan fingerprint density at radius 2 is 1.94 bits per heavy atom. The summed E-state index contributed by atoms with van der Waals surface area (Å²) < 4.78 is 7.48. The third-order valence-electron chi connectivity index (χ3n) is 1.86. The van der Waals surface area contributed by atoms with Crippen LogP contribution in [0.2, 0.25) is 0 Å². The third-order valence-corrected chi connectivity index (χ3v) is 2.97. The lowest BCUT2D eigenvalue weighted by atomic mass is 10.3. The zero-order valence-corrected chi connectivity index (χ0v) is 11.3. The molecule has 0 bridgehead atoms. The zero-order chi connectivity index (χ0) is 11.5. The molecule has 5 heteroatoms. The number of benzene rings is 1. The number of hydrogen-bond acceptors (Lipinski definition) is 3. The molecule has 1 aromatic heterocycles. The first-order valence-electron chi connectivity index (χ1n) is 4.48. The van der Waals surface area contributed by atoms with Gasteiger partial charge in [-0.3, -0.25) is 4.98 Å². The molecule has 0 atom stereocenters. The summed E-state index contributed by atoms with van der Waals surface area (Å²) in [5.41, 5.74) is 6.19. The summed E-state index contributed by atoms with van der Waals surface area (Å²) in [7, 11) is 0. The lowest BCUT2D eigenvalue weighted by Crippen LogP contribution is -1.90. The smallest absolute Gasteiger partial charge is 0.147 e. The van der Waals surface area contributed by atoms with Crippen molar-refractivity contribution in [3.63, 3.8) is 0 Å². The van der Waals surface area contributed by atoms with E-state index in [0.29, 0.717) is 11.4 Å². The Labute approximate surface area is 110 Å². The van der Waals surface area contributed by atoms with Crippen LogP contribution in [0.25, 0.3) is 0 Å². The highest BCUT2D eigenvalue weighted by Gasteiger charge is 2.03. The van der Waals surface area contributed by atoms with E-state index < -0.39 is 0 Å². The molecule has 82 valence electrons. The lowest BCUT2D eigenvalue weighted by molar-refractivity contribution is 0.477. The van der Waals surface area contributed by atoms with E-state index in [-0.39, 0.29) is 0 Å². The molecule has 3 nitrogen and oxygen atoms in total. The number of hydrogen-bond donors (Lipinski definition) is 1. The van der Waals surface area contributed by atoms with E-state index in [4.69, 9.17) is 10.5 Å². The molecule has 0 aliphatic carbocycles. The molecular formula is C11H8Br2N2O. The van der Waals surface area contributed by atoms with Crippen molar-refractivity contribution < 1.29 is 4.74 Å². The number of halogens is 2. The highest BCUT2D eigenvalue weighted by molar-refractivity contribution is 9.11. The summed E-state index contributed by atoms with van der Waals surface area (Å²) >= 11 is 6.79. The molecule has 0 fully saturated rings. The molecule has 0 unspecified atom stereocenters. The van der Waals surface area contributed by atoms with E-state index in [1.54, 1.807) is 18.5 Å². The minimum atomic E-state index is 0.575. The second kappa shape index (κ2) is 4.84. The van der Waals surface area contributed by atoms with Crippen LogP contribution in [0.15, 0.2) is 45.6 Å². The number of rotatable bonds is 2. The van der Waals surface area contributed by atoms with Crippen LogP contribution in [0, 0.1) is 0 Å². The number of nitrogens with zero attached hydrogens (tertiary/aromatic N) is 1. The molecule has 0 amide bonds. The fourth-order valence-electron chi connectivity index (χ4n) is 1.18. The van der Waals surface area contributed by atoms with E-state index >= 15 is 0 Å². The molecule has 0 saturated carbocycles. The van der Waals surface area contributed by atoms with Gasteiger partial charge in [0, 0.05) is 10.5 Å². The van der Waals surface area contributed by atoms with Gasteiger partial charge in [-0.2, -0.15) is 0 Å². The fourth-order valence-corrected chi connectivity index (χ4v) is 2.30. The molecule has 0 aliphatic heterocycles. The normalized spacial score (nSPS) is 10.1. The number of ether oxygens (including phenoxy) is 1. The van der Waals surface area contributed by atoms with E-state index in [0.717, 1.165) is 14.7 Å². The maximum absolute atomic E-state index is 5.63. The summed E-state index contributed by atoms with van der Waals surface area (Å²) in [6, 6.07) is 7.40. The van der Waals surface area contributed by atoms with Gasteiger partial charge in [0.2, 0.25) is 0 Å². The van der Waals surface area contributed by atoms with Gasteiger partial charge >= 0.3 is 0 Å². The summed E-state index contributed by atoms with van der Waals surface area (Å²) in [5.74, 6) is 1.33. The van der Waals surface area contributed by atoms with E-state index in [2.05, 4.69) is 36.8 Å². The molecule has 2 rings (SSSR count). The Hall–Kier alpha value is -1.07. The van der Waals surface area contributed by atoms with E-state index in [1.807, 2.05) is 18.2 Å². The van der Waals surface area contributed by atoms with Crippen LogP contribution >= 0.6 is 31.9 Å². The van der Waals surface area contributed by atoms with Gasteiger partial charge in [-0.05, 0) is 34.1 Å². The van der Waals surface area contributed by atoms with Gasteiger partial charge in [0.15, 0.2) is 0 Å². The zero-order valence-electron chi connectivity index (χ0n) is 8.15. The minimum Gasteiger partial charge on any atom is -0.454 e. The Bertz CT molecular complexity index is 517. The monoisotopic (exact) mass is 342 g/mol. The van der Waals surface area contributed by atoms with Gasteiger partial charge in [0.05, 0.1) is 22.6 Å². The molecule has 0 saturated heterocycles. The topological polar surface area (TPSA) is 48.1 Å². The number of anilines is 1. The maximum Gasteiger partial charge on any atom is 0.147 e. The largest absolute Gasteiger partial charge is 0.454 e. The van der Waals surface area contributed by atoms with E-state index in [9.17, 15) is 0 Å². The molecule has 1 heterocycles. The summed E-state index contributed by atoms with van der Waals surface area (Å²) in [5, 5.41) is 0. The molecule has 0 spiro atoms. The summed E-state index contributed by atoms with van der Waals surface area (Å²) in [4.78, 5) is 3.95. The number of aromatic nitrogens is 1. The predicted octanol–water partition coefficient (Wildman–Crippen LogP) is 3.98. The highest BCUT2D eigenvalue weighted by atomic mass is 79.9. The van der Waals surface area contributed by atoms with Crippen molar-refractivity contribution in [2.24, 2.45) is 0 Å². The van der Waals surface area contributed by atoms with Gasteiger partial charge in [0.1, 0.15) is 11.5 Å². The van der Waals surface area contributed by atoms with Crippen molar-refractivity contribution in [2.45, 2.75) is 0 Å². The third kappa shape index (κ3) is 2.74. The highest BCUT2D eigenvalue weighted by Crippen LogP contribution is 2.32. The molecule has 2 N–H and O–H groups in total. The lowest BCUT2D eigenvalue weighted by Gasteiger charge is -2.07. The number of nitrogen functional groups attached to an aromatic ring is 1. The van der Waals surface area contributed by atoms with Crippen LogP contribution in [-0.2, 0) is 0 Å². The van der Waals surface area contributed by atoms with Gasteiger partial charge in [0.25, 0.3) is 0 Å². The SMILES string of the molecule is Nc1cncc(Oc2ccc(Br)cc2Br)c1. The van der Waals surface area contributed by atoms with Crippen LogP contribution in [-0.4, -0.2) is 4.98 Å². The van der Waals surface area contributed by atoms with Crippen molar-refractivity contribution in [3.05, 3.63) is 45.6 Å². The second-order valence-electron chi connectivity index (χ2n) is 3.13. The Morgan fingerprint density at radius 1 is 1.12 bits per heavy atom. The molecule has 2 aromatic rings. The number of nitrogens with two attached hydrogens (primary N) is 1. The van der Waals surface area contributed by atoms with Crippen molar-refractivity contribution in [2.75, 3.05) is 5.73 Å². The van der Waals surface area contributed by atoms with Crippen molar-refractivity contribution in [3.8, 4) is 11.5 Å². The molecule has 16 heavy (non-hydrogen) atoms. The van der Waals surface area contributed by atoms with Crippen molar-refractivity contribution in [1.29, 1.82) is 0 Å². The quantitative estimate of drug-likeness (QED) is 0.897. The first-order valence-corrected chi connectivity index (χ1v) is 6.07. The first-order chi connectivity index (χ1) is 7.65.